The van der Waals surface area contributed by atoms with Crippen LogP contribution in [0.3, 0.4) is 0 Å². The van der Waals surface area contributed by atoms with Crippen LogP contribution in [0.2, 0.25) is 5.02 Å². The maximum Gasteiger partial charge on any atom is 0.289 e. The number of para-hydroxylation sites is 1. The van der Waals surface area contributed by atoms with Crippen molar-refractivity contribution in [3.63, 3.8) is 0 Å². The van der Waals surface area contributed by atoms with Crippen molar-refractivity contribution in [2.24, 2.45) is 0 Å². The number of nitrogens with zero attached hydrogens (tertiary/aromatic N) is 2. The standard InChI is InChI=1S/C22H22ClFN2O3/c1-14(28-19-13-25-26(22(2,3)4)21(27)20(19)23)15-10-11-17(24)18(12-15)29-16-8-6-5-7-9-16/h5-14H,1-4H3. The minimum atomic E-state index is -0.516. The highest BCUT2D eigenvalue weighted by Gasteiger charge is 2.21. The third-order valence-electron chi connectivity index (χ3n) is 4.22. The van der Waals surface area contributed by atoms with Crippen molar-refractivity contribution in [2.45, 2.75) is 39.3 Å². The number of rotatable bonds is 5. The first-order valence-electron chi connectivity index (χ1n) is 9.14. The highest BCUT2D eigenvalue weighted by molar-refractivity contribution is 6.31. The Morgan fingerprint density at radius 2 is 1.79 bits per heavy atom. The number of hydrogen-bond acceptors (Lipinski definition) is 4. The Hall–Kier alpha value is -2.86. The summed E-state index contributed by atoms with van der Waals surface area (Å²) in [6.07, 6.45) is 0.897. The number of halogens is 2. The zero-order chi connectivity index (χ0) is 21.2. The molecule has 0 spiro atoms. The molecule has 0 fully saturated rings. The van der Waals surface area contributed by atoms with E-state index in [0.717, 1.165) is 0 Å². The monoisotopic (exact) mass is 416 g/mol. The van der Waals surface area contributed by atoms with E-state index in [9.17, 15) is 9.18 Å². The maximum atomic E-state index is 14.2. The first-order valence-corrected chi connectivity index (χ1v) is 9.52. The van der Waals surface area contributed by atoms with Gasteiger partial charge >= 0.3 is 0 Å². The highest BCUT2D eigenvalue weighted by atomic mass is 35.5. The molecule has 0 radical (unpaired) electrons. The molecule has 2 aromatic carbocycles. The van der Waals surface area contributed by atoms with Gasteiger partial charge in [0.15, 0.2) is 22.3 Å². The summed E-state index contributed by atoms with van der Waals surface area (Å²) in [4.78, 5) is 12.5. The van der Waals surface area contributed by atoms with E-state index >= 15 is 0 Å². The molecule has 5 nitrogen and oxygen atoms in total. The molecule has 0 aliphatic heterocycles. The summed E-state index contributed by atoms with van der Waals surface area (Å²) in [5.74, 6) is 0.281. The molecular weight excluding hydrogens is 395 g/mol. The Kier molecular flexibility index (Phi) is 5.94. The number of benzene rings is 2. The maximum absolute atomic E-state index is 14.2. The smallest absolute Gasteiger partial charge is 0.289 e. The Balaban J connectivity index is 1.84. The Bertz CT molecular complexity index is 1060. The van der Waals surface area contributed by atoms with Crippen LogP contribution >= 0.6 is 11.6 Å². The van der Waals surface area contributed by atoms with Crippen molar-refractivity contribution in [2.75, 3.05) is 0 Å². The van der Waals surface area contributed by atoms with E-state index in [1.807, 2.05) is 26.8 Å². The normalized spacial score (nSPS) is 12.5. The van der Waals surface area contributed by atoms with E-state index < -0.39 is 23.0 Å². The predicted octanol–water partition coefficient (Wildman–Crippen LogP) is 5.72. The summed E-state index contributed by atoms with van der Waals surface area (Å²) in [5.41, 5.74) is -0.282. The van der Waals surface area contributed by atoms with E-state index in [2.05, 4.69) is 5.10 Å². The molecule has 152 valence electrons. The quantitative estimate of drug-likeness (QED) is 0.533. The molecule has 1 atom stereocenters. The molecule has 1 aromatic heterocycles. The summed E-state index contributed by atoms with van der Waals surface area (Å²) >= 11 is 6.22. The minimum Gasteiger partial charge on any atom is -0.483 e. The predicted molar refractivity (Wildman–Crippen MR) is 110 cm³/mol. The number of ether oxygens (including phenoxy) is 2. The van der Waals surface area contributed by atoms with Gasteiger partial charge in [0.25, 0.3) is 5.56 Å². The fourth-order valence-electron chi connectivity index (χ4n) is 2.70. The average Bonchev–Trinajstić information content (AvgIpc) is 2.67. The van der Waals surface area contributed by atoms with Crippen LogP contribution in [0.5, 0.6) is 17.2 Å². The summed E-state index contributed by atoms with van der Waals surface area (Å²) < 4.78 is 26.9. The lowest BCUT2D eigenvalue weighted by Crippen LogP contribution is -2.36. The Morgan fingerprint density at radius 3 is 2.45 bits per heavy atom. The molecule has 29 heavy (non-hydrogen) atoms. The average molecular weight is 417 g/mol. The number of hydrogen-bond donors (Lipinski definition) is 0. The molecule has 0 bridgehead atoms. The van der Waals surface area contributed by atoms with Crippen molar-refractivity contribution in [1.82, 2.24) is 9.78 Å². The Labute approximate surface area is 173 Å². The zero-order valence-electron chi connectivity index (χ0n) is 16.6. The lowest BCUT2D eigenvalue weighted by atomic mass is 10.1. The van der Waals surface area contributed by atoms with Gasteiger partial charge in [0, 0.05) is 0 Å². The topological polar surface area (TPSA) is 53.4 Å². The van der Waals surface area contributed by atoms with Crippen LogP contribution in [0.25, 0.3) is 0 Å². The largest absolute Gasteiger partial charge is 0.483 e. The van der Waals surface area contributed by atoms with Crippen molar-refractivity contribution in [1.29, 1.82) is 0 Å². The van der Waals surface area contributed by atoms with Crippen molar-refractivity contribution in [3.8, 4) is 17.2 Å². The fourth-order valence-corrected chi connectivity index (χ4v) is 2.88. The van der Waals surface area contributed by atoms with Gasteiger partial charge in [-0.3, -0.25) is 4.79 Å². The van der Waals surface area contributed by atoms with Gasteiger partial charge in [0.1, 0.15) is 11.9 Å². The van der Waals surface area contributed by atoms with E-state index in [4.69, 9.17) is 21.1 Å². The molecule has 7 heteroatoms. The molecule has 3 rings (SSSR count). The van der Waals surface area contributed by atoms with Gasteiger partial charge in [0.05, 0.1) is 11.7 Å². The summed E-state index contributed by atoms with van der Waals surface area (Å²) in [7, 11) is 0. The van der Waals surface area contributed by atoms with Gasteiger partial charge in [-0.25, -0.2) is 9.07 Å². The summed E-state index contributed by atoms with van der Waals surface area (Å²) in [6.45, 7) is 7.33. The van der Waals surface area contributed by atoms with Crippen LogP contribution in [-0.2, 0) is 5.54 Å². The lowest BCUT2D eigenvalue weighted by molar-refractivity contribution is 0.221. The van der Waals surface area contributed by atoms with Gasteiger partial charge < -0.3 is 9.47 Å². The first kappa shape index (κ1) is 20.9. The molecule has 0 saturated carbocycles. The van der Waals surface area contributed by atoms with Crippen LogP contribution < -0.4 is 15.0 Å². The molecule has 1 heterocycles. The van der Waals surface area contributed by atoms with Crippen molar-refractivity contribution in [3.05, 3.63) is 81.5 Å². The second kappa shape index (κ2) is 8.25. The third-order valence-corrected chi connectivity index (χ3v) is 4.57. The molecule has 0 amide bonds. The van der Waals surface area contributed by atoms with E-state index in [1.165, 1.54) is 16.9 Å². The molecule has 0 aliphatic rings. The van der Waals surface area contributed by atoms with Gasteiger partial charge in [-0.05, 0) is 57.5 Å². The van der Waals surface area contributed by atoms with Gasteiger partial charge in [-0.15, -0.1) is 0 Å². The van der Waals surface area contributed by atoms with Gasteiger partial charge in [-0.1, -0.05) is 35.9 Å². The number of aromatic nitrogens is 2. The molecule has 0 N–H and O–H groups in total. The molecule has 0 saturated heterocycles. The van der Waals surface area contributed by atoms with E-state index in [0.29, 0.717) is 11.3 Å². The summed E-state index contributed by atoms with van der Waals surface area (Å²) in [6, 6.07) is 13.4. The van der Waals surface area contributed by atoms with Crippen LogP contribution in [-0.4, -0.2) is 9.78 Å². The summed E-state index contributed by atoms with van der Waals surface area (Å²) in [5, 5.41) is 4.10. The molecule has 3 aromatic rings. The van der Waals surface area contributed by atoms with E-state index in [-0.39, 0.29) is 16.5 Å². The van der Waals surface area contributed by atoms with Crippen LogP contribution in [0.15, 0.2) is 59.5 Å². The highest BCUT2D eigenvalue weighted by Crippen LogP contribution is 2.31. The second-order valence-electron chi connectivity index (χ2n) is 7.58. The SMILES string of the molecule is CC(Oc1cnn(C(C)(C)C)c(=O)c1Cl)c1ccc(F)c(Oc2ccccc2)c1. The minimum absolute atomic E-state index is 0.0513. The van der Waals surface area contributed by atoms with E-state index in [1.54, 1.807) is 43.3 Å². The first-order chi connectivity index (χ1) is 13.7. The van der Waals surface area contributed by atoms with Gasteiger partial charge in [0.2, 0.25) is 0 Å². The zero-order valence-corrected chi connectivity index (χ0v) is 17.4. The molecule has 1 unspecified atom stereocenters. The van der Waals surface area contributed by atoms with Gasteiger partial charge in [-0.2, -0.15) is 5.10 Å². The van der Waals surface area contributed by atoms with Crippen LogP contribution in [0, 0.1) is 5.82 Å². The van der Waals surface area contributed by atoms with Crippen molar-refractivity contribution < 1.29 is 13.9 Å². The van der Waals surface area contributed by atoms with Crippen LogP contribution in [0.1, 0.15) is 39.4 Å². The lowest BCUT2D eigenvalue weighted by Gasteiger charge is -2.22. The molecular formula is C22H22ClFN2O3. The van der Waals surface area contributed by atoms with Crippen molar-refractivity contribution >= 4 is 11.6 Å². The second-order valence-corrected chi connectivity index (χ2v) is 7.95. The Morgan fingerprint density at radius 1 is 1.10 bits per heavy atom. The third kappa shape index (κ3) is 4.77. The fraction of sp³-hybridized carbons (Fsp3) is 0.273. The molecule has 0 aliphatic carbocycles. The van der Waals surface area contributed by atoms with Crippen LogP contribution in [0.4, 0.5) is 4.39 Å².